The summed E-state index contributed by atoms with van der Waals surface area (Å²) in [5, 5.41) is 2.81. The molecule has 0 spiro atoms. The van der Waals surface area contributed by atoms with Crippen LogP contribution in [0.25, 0.3) is 0 Å². The molecule has 3 N–H and O–H groups in total. The first kappa shape index (κ1) is 14.1. The largest absolute Gasteiger partial charge is 0.399 e. The quantitative estimate of drug-likeness (QED) is 0.875. The molecule has 0 fully saturated rings. The maximum atomic E-state index is 12.0. The number of nitrogens with two attached hydrogens (primary N) is 1. The highest BCUT2D eigenvalue weighted by molar-refractivity contribution is 6.03. The molecule has 1 heterocycles. The van der Waals surface area contributed by atoms with Crippen LogP contribution in [0.2, 0.25) is 0 Å². The van der Waals surface area contributed by atoms with Crippen LogP contribution in [0.1, 0.15) is 35.8 Å². The Morgan fingerprint density at radius 3 is 2.65 bits per heavy atom. The lowest BCUT2D eigenvalue weighted by atomic mass is 10.1. The Hall–Kier alpha value is -2.36. The minimum atomic E-state index is -0.251. The lowest BCUT2D eigenvalue weighted by Gasteiger charge is -2.06. The van der Waals surface area contributed by atoms with Crippen LogP contribution < -0.4 is 11.1 Å². The van der Waals surface area contributed by atoms with E-state index in [0.717, 1.165) is 12.1 Å². The summed E-state index contributed by atoms with van der Waals surface area (Å²) in [6, 6.07) is 11.1. The monoisotopic (exact) mass is 269 g/mol. The highest BCUT2D eigenvalue weighted by atomic mass is 16.1. The number of rotatable bonds is 5. The van der Waals surface area contributed by atoms with Crippen molar-refractivity contribution in [3.8, 4) is 0 Å². The van der Waals surface area contributed by atoms with Crippen molar-refractivity contribution in [1.82, 2.24) is 4.98 Å². The Kier molecular flexibility index (Phi) is 4.71. The molecule has 2 aromatic rings. The van der Waals surface area contributed by atoms with Crippen molar-refractivity contribution in [3.63, 3.8) is 0 Å². The minimum absolute atomic E-state index is 0.251. The first-order valence-corrected chi connectivity index (χ1v) is 6.81. The van der Waals surface area contributed by atoms with E-state index < -0.39 is 0 Å². The molecular weight excluding hydrogens is 250 g/mol. The second-order valence-corrected chi connectivity index (χ2v) is 4.73. The molecule has 1 aromatic carbocycles. The zero-order valence-electron chi connectivity index (χ0n) is 11.6. The van der Waals surface area contributed by atoms with E-state index in [0.29, 0.717) is 11.4 Å². The highest BCUT2D eigenvalue weighted by Gasteiger charge is 2.07. The van der Waals surface area contributed by atoms with Gasteiger partial charge in [0.1, 0.15) is 5.69 Å². The summed E-state index contributed by atoms with van der Waals surface area (Å²) >= 11 is 0. The van der Waals surface area contributed by atoms with Gasteiger partial charge in [-0.25, -0.2) is 0 Å². The number of nitrogens with one attached hydrogen (secondary N) is 1. The Morgan fingerprint density at radius 1 is 1.25 bits per heavy atom. The topological polar surface area (TPSA) is 68.0 Å². The predicted octanol–water partition coefficient (Wildman–Crippen LogP) is 3.26. The second kappa shape index (κ2) is 6.70. The van der Waals surface area contributed by atoms with E-state index in [9.17, 15) is 4.79 Å². The molecule has 4 nitrogen and oxygen atoms in total. The number of unbranched alkanes of at least 4 members (excludes halogenated alkanes) is 1. The van der Waals surface area contributed by atoms with E-state index >= 15 is 0 Å². The van der Waals surface area contributed by atoms with Gasteiger partial charge in [-0.3, -0.25) is 9.78 Å². The molecule has 0 radical (unpaired) electrons. The molecular formula is C16H19N3O. The summed E-state index contributed by atoms with van der Waals surface area (Å²) in [6.07, 6.45) is 4.96. The Balaban J connectivity index is 2.01. The second-order valence-electron chi connectivity index (χ2n) is 4.73. The standard InChI is InChI=1S/C16H19N3O/c1-2-3-4-12-5-7-14(8-6-12)19-16(20)15-11-13(17)9-10-18-15/h5-11H,2-4H2,1H3,(H2,17,18)(H,19,20). The van der Waals surface area contributed by atoms with Crippen molar-refractivity contribution < 1.29 is 4.79 Å². The van der Waals surface area contributed by atoms with Gasteiger partial charge < -0.3 is 11.1 Å². The summed E-state index contributed by atoms with van der Waals surface area (Å²) in [4.78, 5) is 16.0. The summed E-state index contributed by atoms with van der Waals surface area (Å²) in [5.41, 5.74) is 8.53. The van der Waals surface area contributed by atoms with Crippen molar-refractivity contribution in [2.45, 2.75) is 26.2 Å². The fourth-order valence-corrected chi connectivity index (χ4v) is 1.90. The molecule has 0 saturated heterocycles. The lowest BCUT2D eigenvalue weighted by molar-refractivity contribution is 0.102. The predicted molar refractivity (Wildman–Crippen MR) is 81.7 cm³/mol. The van der Waals surface area contributed by atoms with Crippen LogP contribution >= 0.6 is 0 Å². The van der Waals surface area contributed by atoms with Crippen molar-refractivity contribution >= 4 is 17.3 Å². The van der Waals surface area contributed by atoms with Crippen LogP contribution in [0.4, 0.5) is 11.4 Å². The normalized spacial score (nSPS) is 10.2. The van der Waals surface area contributed by atoms with Gasteiger partial charge in [-0.05, 0) is 42.7 Å². The summed E-state index contributed by atoms with van der Waals surface area (Å²) in [7, 11) is 0. The molecule has 0 saturated carbocycles. The first-order valence-electron chi connectivity index (χ1n) is 6.81. The SMILES string of the molecule is CCCCc1ccc(NC(=O)c2cc(N)ccn2)cc1. The molecule has 2 rings (SSSR count). The Labute approximate surface area is 119 Å². The summed E-state index contributed by atoms with van der Waals surface area (Å²) in [5.74, 6) is -0.251. The van der Waals surface area contributed by atoms with E-state index in [4.69, 9.17) is 5.73 Å². The van der Waals surface area contributed by atoms with Crippen molar-refractivity contribution in [3.05, 3.63) is 53.9 Å². The number of benzene rings is 1. The molecule has 0 aliphatic rings. The summed E-state index contributed by atoms with van der Waals surface area (Å²) < 4.78 is 0. The molecule has 0 bridgehead atoms. The third-order valence-corrected chi connectivity index (χ3v) is 3.05. The number of nitrogens with zero attached hydrogens (tertiary/aromatic N) is 1. The number of hydrogen-bond acceptors (Lipinski definition) is 3. The van der Waals surface area contributed by atoms with Gasteiger partial charge in [-0.1, -0.05) is 25.5 Å². The molecule has 4 heteroatoms. The number of carbonyl (C=O) groups excluding carboxylic acids is 1. The maximum absolute atomic E-state index is 12.0. The van der Waals surface area contributed by atoms with Gasteiger partial charge >= 0.3 is 0 Å². The van der Waals surface area contributed by atoms with Gasteiger partial charge in [-0.15, -0.1) is 0 Å². The molecule has 0 aliphatic carbocycles. The molecule has 104 valence electrons. The van der Waals surface area contributed by atoms with Gasteiger partial charge in [0.05, 0.1) is 0 Å². The Morgan fingerprint density at radius 2 is 2.00 bits per heavy atom. The number of hydrogen-bond donors (Lipinski definition) is 2. The number of nitrogen functional groups attached to an aromatic ring is 1. The first-order chi connectivity index (χ1) is 9.69. The van der Waals surface area contributed by atoms with Crippen molar-refractivity contribution in [2.75, 3.05) is 11.1 Å². The van der Waals surface area contributed by atoms with Gasteiger partial charge in [-0.2, -0.15) is 0 Å². The zero-order valence-corrected chi connectivity index (χ0v) is 11.6. The smallest absolute Gasteiger partial charge is 0.274 e. The van der Waals surface area contributed by atoms with E-state index in [1.165, 1.54) is 24.6 Å². The Bertz CT molecular complexity index is 579. The minimum Gasteiger partial charge on any atom is -0.399 e. The van der Waals surface area contributed by atoms with Crippen molar-refractivity contribution in [1.29, 1.82) is 0 Å². The number of aryl methyl sites for hydroxylation is 1. The van der Waals surface area contributed by atoms with Crippen molar-refractivity contribution in [2.24, 2.45) is 0 Å². The van der Waals surface area contributed by atoms with Crippen LogP contribution in [-0.4, -0.2) is 10.9 Å². The van der Waals surface area contributed by atoms with E-state index in [1.54, 1.807) is 12.1 Å². The number of amides is 1. The average Bonchev–Trinajstić information content (AvgIpc) is 2.46. The molecule has 1 amide bonds. The zero-order chi connectivity index (χ0) is 14.4. The number of aromatic nitrogens is 1. The van der Waals surface area contributed by atoms with Gasteiger partial charge in [0.15, 0.2) is 0 Å². The van der Waals surface area contributed by atoms with Gasteiger partial charge in [0.25, 0.3) is 5.91 Å². The molecule has 0 atom stereocenters. The lowest BCUT2D eigenvalue weighted by Crippen LogP contribution is -2.13. The van der Waals surface area contributed by atoms with Gasteiger partial charge in [0.2, 0.25) is 0 Å². The van der Waals surface area contributed by atoms with Crippen LogP contribution in [0.3, 0.4) is 0 Å². The number of anilines is 2. The molecule has 0 unspecified atom stereocenters. The average molecular weight is 269 g/mol. The molecule has 20 heavy (non-hydrogen) atoms. The number of carbonyl (C=O) groups is 1. The van der Waals surface area contributed by atoms with Crippen LogP contribution in [0.15, 0.2) is 42.6 Å². The van der Waals surface area contributed by atoms with E-state index in [1.807, 2.05) is 24.3 Å². The van der Waals surface area contributed by atoms with Gasteiger partial charge in [0, 0.05) is 17.6 Å². The van der Waals surface area contributed by atoms with Crippen LogP contribution in [0, 0.1) is 0 Å². The molecule has 0 aliphatic heterocycles. The third kappa shape index (κ3) is 3.82. The summed E-state index contributed by atoms with van der Waals surface area (Å²) in [6.45, 7) is 2.17. The highest BCUT2D eigenvalue weighted by Crippen LogP contribution is 2.13. The number of pyridine rings is 1. The third-order valence-electron chi connectivity index (χ3n) is 3.05. The molecule has 1 aromatic heterocycles. The van der Waals surface area contributed by atoms with E-state index in [2.05, 4.69) is 17.2 Å². The maximum Gasteiger partial charge on any atom is 0.274 e. The van der Waals surface area contributed by atoms with E-state index in [-0.39, 0.29) is 5.91 Å². The van der Waals surface area contributed by atoms with Crippen LogP contribution in [0.5, 0.6) is 0 Å². The fraction of sp³-hybridized carbons (Fsp3) is 0.250. The van der Waals surface area contributed by atoms with Crippen LogP contribution in [-0.2, 0) is 6.42 Å². The fourth-order valence-electron chi connectivity index (χ4n) is 1.90.